The van der Waals surface area contributed by atoms with E-state index in [0.29, 0.717) is 0 Å². The minimum atomic E-state index is 0.837. The molecule has 1 aromatic rings. The van der Waals surface area contributed by atoms with Gasteiger partial charge in [0.05, 0.1) is 0 Å². The molecule has 16 heavy (non-hydrogen) atoms. The van der Waals surface area contributed by atoms with Crippen LogP contribution in [-0.4, -0.2) is 30.2 Å². The molecule has 1 N–H and O–H groups in total. The Morgan fingerprint density at radius 3 is 3.12 bits per heavy atom. The van der Waals surface area contributed by atoms with Crippen molar-refractivity contribution in [1.82, 2.24) is 9.97 Å². The molecule has 1 aliphatic carbocycles. The first kappa shape index (κ1) is 11.3. The van der Waals surface area contributed by atoms with Crippen molar-refractivity contribution >= 4 is 5.82 Å². The Hall–Kier alpha value is -1.16. The number of nitrogens with zero attached hydrogens (tertiary/aromatic N) is 2. The number of anilines is 1. The fraction of sp³-hybridized carbons (Fsp3) is 0.667. The second-order valence-electron chi connectivity index (χ2n) is 4.13. The van der Waals surface area contributed by atoms with Gasteiger partial charge in [0.2, 0.25) is 0 Å². The maximum absolute atomic E-state index is 5.01. The van der Waals surface area contributed by atoms with Gasteiger partial charge >= 0.3 is 0 Å². The number of rotatable bonds is 6. The van der Waals surface area contributed by atoms with E-state index < -0.39 is 0 Å². The zero-order chi connectivity index (χ0) is 11.2. The maximum atomic E-state index is 5.01. The van der Waals surface area contributed by atoms with Crippen LogP contribution in [0.4, 0.5) is 5.82 Å². The highest BCUT2D eigenvalue weighted by atomic mass is 16.5. The van der Waals surface area contributed by atoms with E-state index in [4.69, 9.17) is 4.74 Å². The van der Waals surface area contributed by atoms with E-state index in [1.54, 1.807) is 13.4 Å². The van der Waals surface area contributed by atoms with Gasteiger partial charge in [0, 0.05) is 31.5 Å². The van der Waals surface area contributed by atoms with Crippen molar-refractivity contribution in [3.63, 3.8) is 0 Å². The number of ether oxygens (including phenoxy) is 1. The van der Waals surface area contributed by atoms with Crippen LogP contribution in [0.2, 0.25) is 0 Å². The highest BCUT2D eigenvalue weighted by molar-refractivity contribution is 5.47. The van der Waals surface area contributed by atoms with E-state index in [1.807, 2.05) is 0 Å². The van der Waals surface area contributed by atoms with Crippen LogP contribution in [0, 0.1) is 0 Å². The number of aryl methyl sites for hydroxylation is 1. The molecule has 0 spiro atoms. The predicted molar refractivity (Wildman–Crippen MR) is 63.7 cm³/mol. The van der Waals surface area contributed by atoms with Crippen LogP contribution >= 0.6 is 0 Å². The van der Waals surface area contributed by atoms with Crippen molar-refractivity contribution in [3.05, 3.63) is 17.6 Å². The van der Waals surface area contributed by atoms with E-state index in [1.165, 1.54) is 17.7 Å². The molecular weight excluding hydrogens is 202 g/mol. The van der Waals surface area contributed by atoms with E-state index >= 15 is 0 Å². The van der Waals surface area contributed by atoms with E-state index in [0.717, 1.165) is 44.7 Å². The molecular formula is C12H19N3O. The van der Waals surface area contributed by atoms with Gasteiger partial charge in [-0.25, -0.2) is 9.97 Å². The van der Waals surface area contributed by atoms with Crippen molar-refractivity contribution in [2.75, 3.05) is 25.6 Å². The Morgan fingerprint density at radius 2 is 2.25 bits per heavy atom. The van der Waals surface area contributed by atoms with Crippen molar-refractivity contribution < 1.29 is 4.74 Å². The van der Waals surface area contributed by atoms with Crippen LogP contribution in [0.5, 0.6) is 0 Å². The number of hydrogen-bond donors (Lipinski definition) is 1. The molecule has 4 nitrogen and oxygen atoms in total. The minimum absolute atomic E-state index is 0.837. The molecule has 1 aromatic heterocycles. The van der Waals surface area contributed by atoms with Gasteiger partial charge in [-0.15, -0.1) is 0 Å². The van der Waals surface area contributed by atoms with E-state index in [9.17, 15) is 0 Å². The molecule has 0 saturated carbocycles. The third-order valence-electron chi connectivity index (χ3n) is 2.94. The van der Waals surface area contributed by atoms with Crippen LogP contribution in [0.15, 0.2) is 6.33 Å². The Bertz CT molecular complexity index is 341. The number of methoxy groups -OCH3 is 1. The molecule has 0 unspecified atom stereocenters. The Labute approximate surface area is 96.4 Å². The first-order valence-electron chi connectivity index (χ1n) is 5.97. The van der Waals surface area contributed by atoms with Crippen LogP contribution < -0.4 is 5.32 Å². The minimum Gasteiger partial charge on any atom is -0.385 e. The standard InChI is InChI=1S/C12H19N3O/c1-16-8-3-2-7-13-12-10-5-4-6-11(10)14-9-15-12/h9H,2-8H2,1H3,(H,13,14,15). The molecule has 0 aliphatic heterocycles. The summed E-state index contributed by atoms with van der Waals surface area (Å²) in [5, 5.41) is 3.40. The second-order valence-corrected chi connectivity index (χ2v) is 4.13. The average Bonchev–Trinajstić information content (AvgIpc) is 2.77. The van der Waals surface area contributed by atoms with E-state index in [-0.39, 0.29) is 0 Å². The lowest BCUT2D eigenvalue weighted by Crippen LogP contribution is -2.07. The van der Waals surface area contributed by atoms with Gasteiger partial charge < -0.3 is 10.1 Å². The van der Waals surface area contributed by atoms with E-state index in [2.05, 4.69) is 15.3 Å². The molecule has 0 fully saturated rings. The van der Waals surface area contributed by atoms with Gasteiger partial charge in [-0.1, -0.05) is 0 Å². The lowest BCUT2D eigenvalue weighted by atomic mass is 10.2. The van der Waals surface area contributed by atoms with Crippen LogP contribution in [0.25, 0.3) is 0 Å². The summed E-state index contributed by atoms with van der Waals surface area (Å²) in [6.07, 6.45) is 7.32. The summed E-state index contributed by atoms with van der Waals surface area (Å²) in [5.74, 6) is 1.04. The smallest absolute Gasteiger partial charge is 0.132 e. The SMILES string of the molecule is COCCCCNc1ncnc2c1CCC2. The molecule has 4 heteroatoms. The molecule has 1 aliphatic rings. The molecule has 0 saturated heterocycles. The van der Waals surface area contributed by atoms with Crippen LogP contribution in [0.1, 0.15) is 30.5 Å². The fourth-order valence-electron chi connectivity index (χ4n) is 2.09. The first-order chi connectivity index (χ1) is 7.92. The monoisotopic (exact) mass is 221 g/mol. The zero-order valence-electron chi connectivity index (χ0n) is 9.83. The van der Waals surface area contributed by atoms with Crippen LogP contribution in [0.3, 0.4) is 0 Å². The molecule has 0 amide bonds. The number of hydrogen-bond acceptors (Lipinski definition) is 4. The molecule has 88 valence electrons. The van der Waals surface area contributed by atoms with Crippen molar-refractivity contribution in [3.8, 4) is 0 Å². The topological polar surface area (TPSA) is 47.0 Å². The third kappa shape index (κ3) is 2.70. The van der Waals surface area contributed by atoms with Gasteiger partial charge in [-0.2, -0.15) is 0 Å². The summed E-state index contributed by atoms with van der Waals surface area (Å²) in [5.41, 5.74) is 2.56. The highest BCUT2D eigenvalue weighted by Gasteiger charge is 2.16. The number of fused-ring (bicyclic) bond motifs is 1. The normalized spacial score (nSPS) is 13.8. The second kappa shape index (κ2) is 5.80. The summed E-state index contributed by atoms with van der Waals surface area (Å²) in [4.78, 5) is 8.62. The number of nitrogens with one attached hydrogen (secondary N) is 1. The lowest BCUT2D eigenvalue weighted by molar-refractivity contribution is 0.194. The lowest BCUT2D eigenvalue weighted by Gasteiger charge is -2.09. The van der Waals surface area contributed by atoms with Gasteiger partial charge in [-0.3, -0.25) is 0 Å². The van der Waals surface area contributed by atoms with Crippen molar-refractivity contribution in [2.45, 2.75) is 32.1 Å². The molecule has 0 aromatic carbocycles. The molecule has 0 bridgehead atoms. The van der Waals surface area contributed by atoms with Crippen molar-refractivity contribution in [1.29, 1.82) is 0 Å². The predicted octanol–water partition coefficient (Wildman–Crippen LogP) is 1.80. The van der Waals surface area contributed by atoms with Gasteiger partial charge in [0.1, 0.15) is 12.1 Å². The Balaban J connectivity index is 1.83. The molecule has 2 rings (SSSR count). The van der Waals surface area contributed by atoms with Gasteiger partial charge in [-0.05, 0) is 32.1 Å². The quantitative estimate of drug-likeness (QED) is 0.744. The number of aromatic nitrogens is 2. The van der Waals surface area contributed by atoms with Crippen molar-refractivity contribution in [2.24, 2.45) is 0 Å². The highest BCUT2D eigenvalue weighted by Crippen LogP contribution is 2.24. The fourth-order valence-corrected chi connectivity index (χ4v) is 2.09. The van der Waals surface area contributed by atoms with Gasteiger partial charge in [0.25, 0.3) is 0 Å². The molecule has 0 radical (unpaired) electrons. The Kier molecular flexibility index (Phi) is 4.10. The van der Waals surface area contributed by atoms with Crippen LogP contribution in [-0.2, 0) is 17.6 Å². The summed E-state index contributed by atoms with van der Waals surface area (Å²) in [7, 11) is 1.74. The maximum Gasteiger partial charge on any atom is 0.132 e. The number of unbranched alkanes of at least 4 members (excludes halogenated alkanes) is 1. The summed E-state index contributed by atoms with van der Waals surface area (Å²) in [6, 6.07) is 0. The summed E-state index contributed by atoms with van der Waals surface area (Å²) < 4.78 is 5.01. The molecule has 0 atom stereocenters. The molecule has 1 heterocycles. The largest absolute Gasteiger partial charge is 0.385 e. The van der Waals surface area contributed by atoms with Gasteiger partial charge in [0.15, 0.2) is 0 Å². The summed E-state index contributed by atoms with van der Waals surface area (Å²) >= 11 is 0. The zero-order valence-corrected chi connectivity index (χ0v) is 9.83. The third-order valence-corrected chi connectivity index (χ3v) is 2.94. The average molecular weight is 221 g/mol. The summed E-state index contributed by atoms with van der Waals surface area (Å²) in [6.45, 7) is 1.80. The first-order valence-corrected chi connectivity index (χ1v) is 5.97. The Morgan fingerprint density at radius 1 is 1.31 bits per heavy atom.